The van der Waals surface area contributed by atoms with Crippen molar-refractivity contribution in [3.05, 3.63) is 34.9 Å². The maximum absolute atomic E-state index is 5.82. The third kappa shape index (κ3) is 1.60. The van der Waals surface area contributed by atoms with Crippen molar-refractivity contribution >= 4 is 39.7 Å². The molecular weight excluding hydrogens is 230 g/mol. The number of hydrogen-bond donors (Lipinski definition) is 0. The number of nitrogens with zero attached hydrogens (tertiary/aromatic N) is 3. The number of fused-ring (bicyclic) bond motifs is 1. The van der Waals surface area contributed by atoms with Gasteiger partial charge in [-0.1, -0.05) is 23.7 Å². The summed E-state index contributed by atoms with van der Waals surface area (Å²) in [6.07, 6.45) is 1.76. The van der Waals surface area contributed by atoms with E-state index in [1.54, 1.807) is 18.0 Å². The zero-order chi connectivity index (χ0) is 10.3. The molecule has 0 saturated carbocycles. The summed E-state index contributed by atoms with van der Waals surface area (Å²) in [6.45, 7) is 0. The van der Waals surface area contributed by atoms with Gasteiger partial charge >= 0.3 is 0 Å². The van der Waals surface area contributed by atoms with Crippen LogP contribution in [-0.2, 0) is 0 Å². The van der Waals surface area contributed by atoms with Gasteiger partial charge in [0.25, 0.3) is 0 Å². The first kappa shape index (κ1) is 9.12. The van der Waals surface area contributed by atoms with E-state index in [1.165, 1.54) is 0 Å². The first-order valence-corrected chi connectivity index (χ1v) is 5.65. The standard InChI is InChI=1S/C10H6ClN3S/c11-7-3-1-6(2-4-7)9-13-8-5-12-14-10(8)15-9/h1-5,8H. The van der Waals surface area contributed by atoms with Crippen molar-refractivity contribution in [2.75, 3.05) is 0 Å². The average molecular weight is 236 g/mol. The van der Waals surface area contributed by atoms with Gasteiger partial charge in [0.05, 0.1) is 6.21 Å². The quantitative estimate of drug-likeness (QED) is 0.737. The lowest BCUT2D eigenvalue weighted by Crippen LogP contribution is -2.06. The Morgan fingerprint density at radius 2 is 2.00 bits per heavy atom. The molecule has 0 aromatic heterocycles. The molecule has 0 radical (unpaired) electrons. The number of rotatable bonds is 1. The Bertz CT molecular complexity index is 490. The molecule has 1 atom stereocenters. The van der Waals surface area contributed by atoms with Gasteiger partial charge in [0.1, 0.15) is 16.1 Å². The highest BCUT2D eigenvalue weighted by molar-refractivity contribution is 8.27. The molecule has 3 nitrogen and oxygen atoms in total. The van der Waals surface area contributed by atoms with Crippen molar-refractivity contribution in [3.63, 3.8) is 0 Å². The van der Waals surface area contributed by atoms with Gasteiger partial charge in [-0.05, 0) is 23.9 Å². The predicted molar refractivity (Wildman–Crippen MR) is 65.3 cm³/mol. The van der Waals surface area contributed by atoms with Crippen LogP contribution in [0.5, 0.6) is 0 Å². The molecule has 2 aliphatic heterocycles. The Morgan fingerprint density at radius 3 is 2.73 bits per heavy atom. The van der Waals surface area contributed by atoms with Gasteiger partial charge in [0.2, 0.25) is 0 Å². The molecule has 1 unspecified atom stereocenters. The van der Waals surface area contributed by atoms with Crippen LogP contribution in [-0.4, -0.2) is 22.3 Å². The fourth-order valence-corrected chi connectivity index (χ4v) is 2.49. The predicted octanol–water partition coefficient (Wildman–Crippen LogP) is 2.60. The maximum Gasteiger partial charge on any atom is 0.138 e. The van der Waals surface area contributed by atoms with Crippen molar-refractivity contribution in [1.82, 2.24) is 0 Å². The van der Waals surface area contributed by atoms with Crippen LogP contribution in [0.15, 0.2) is 39.5 Å². The van der Waals surface area contributed by atoms with E-state index >= 15 is 0 Å². The summed E-state index contributed by atoms with van der Waals surface area (Å²) in [5.74, 6) is 0. The second-order valence-electron chi connectivity index (χ2n) is 3.19. The summed E-state index contributed by atoms with van der Waals surface area (Å²) in [6, 6.07) is 7.70. The molecule has 2 aliphatic rings. The lowest BCUT2D eigenvalue weighted by atomic mass is 10.2. The Balaban J connectivity index is 1.94. The molecule has 5 heteroatoms. The number of hydrogen-bond acceptors (Lipinski definition) is 4. The summed E-state index contributed by atoms with van der Waals surface area (Å²) in [5, 5.41) is 10.5. The van der Waals surface area contributed by atoms with E-state index < -0.39 is 0 Å². The van der Waals surface area contributed by atoms with Crippen LogP contribution in [0, 0.1) is 0 Å². The van der Waals surface area contributed by atoms with Crippen molar-refractivity contribution in [2.45, 2.75) is 6.04 Å². The van der Waals surface area contributed by atoms with Crippen LogP contribution in [0.3, 0.4) is 0 Å². The van der Waals surface area contributed by atoms with Crippen LogP contribution in [0.2, 0.25) is 5.02 Å². The summed E-state index contributed by atoms with van der Waals surface area (Å²) in [7, 11) is 0. The van der Waals surface area contributed by atoms with Gasteiger partial charge in [0, 0.05) is 10.6 Å². The first-order chi connectivity index (χ1) is 7.33. The van der Waals surface area contributed by atoms with Gasteiger partial charge in [-0.2, -0.15) is 5.10 Å². The zero-order valence-electron chi connectivity index (χ0n) is 7.59. The molecule has 3 rings (SSSR count). The van der Waals surface area contributed by atoms with E-state index in [0.717, 1.165) is 20.7 Å². The smallest absolute Gasteiger partial charge is 0.138 e. The Kier molecular flexibility index (Phi) is 2.11. The maximum atomic E-state index is 5.82. The molecule has 74 valence electrons. The molecule has 0 N–H and O–H groups in total. The Labute approximate surface area is 96.0 Å². The average Bonchev–Trinajstić information content (AvgIpc) is 2.78. The fourth-order valence-electron chi connectivity index (χ4n) is 1.42. The second kappa shape index (κ2) is 3.47. The van der Waals surface area contributed by atoms with E-state index in [-0.39, 0.29) is 6.04 Å². The van der Waals surface area contributed by atoms with Crippen LogP contribution >= 0.6 is 23.4 Å². The largest absolute Gasteiger partial charge is 0.261 e. The van der Waals surface area contributed by atoms with Gasteiger partial charge in [-0.3, -0.25) is 4.99 Å². The fraction of sp³-hybridized carbons (Fsp3) is 0.100. The van der Waals surface area contributed by atoms with Gasteiger partial charge in [-0.15, -0.1) is 5.10 Å². The van der Waals surface area contributed by atoms with Crippen LogP contribution < -0.4 is 0 Å². The van der Waals surface area contributed by atoms with Crippen LogP contribution in [0.1, 0.15) is 5.56 Å². The third-order valence-electron chi connectivity index (χ3n) is 2.17. The lowest BCUT2D eigenvalue weighted by molar-refractivity contribution is 1.22. The minimum Gasteiger partial charge on any atom is -0.261 e. The number of thioether (sulfide) groups is 1. The molecule has 0 aliphatic carbocycles. The topological polar surface area (TPSA) is 37.1 Å². The normalized spacial score (nSPS) is 22.6. The number of aliphatic imine (C=N–C) groups is 1. The monoisotopic (exact) mass is 235 g/mol. The summed E-state index contributed by atoms with van der Waals surface area (Å²) in [5.41, 5.74) is 1.08. The first-order valence-electron chi connectivity index (χ1n) is 4.45. The van der Waals surface area contributed by atoms with Gasteiger partial charge in [0.15, 0.2) is 0 Å². The molecule has 1 aromatic rings. The van der Waals surface area contributed by atoms with Crippen LogP contribution in [0.25, 0.3) is 0 Å². The molecule has 2 heterocycles. The molecule has 0 bridgehead atoms. The van der Waals surface area contributed by atoms with E-state index in [4.69, 9.17) is 11.6 Å². The summed E-state index contributed by atoms with van der Waals surface area (Å²) >= 11 is 7.39. The minimum atomic E-state index is 0.0423. The Morgan fingerprint density at radius 1 is 1.20 bits per heavy atom. The molecule has 0 amide bonds. The highest BCUT2D eigenvalue weighted by atomic mass is 35.5. The second-order valence-corrected chi connectivity index (χ2v) is 4.64. The van der Waals surface area contributed by atoms with Crippen LogP contribution in [0.4, 0.5) is 0 Å². The summed E-state index contributed by atoms with van der Waals surface area (Å²) < 4.78 is 0. The van der Waals surface area contributed by atoms with E-state index in [1.807, 2.05) is 24.3 Å². The van der Waals surface area contributed by atoms with Crippen molar-refractivity contribution in [2.24, 2.45) is 15.2 Å². The number of halogens is 1. The van der Waals surface area contributed by atoms with E-state index in [0.29, 0.717) is 0 Å². The number of benzene rings is 1. The molecule has 0 spiro atoms. The van der Waals surface area contributed by atoms with Crippen molar-refractivity contribution < 1.29 is 0 Å². The molecule has 15 heavy (non-hydrogen) atoms. The minimum absolute atomic E-state index is 0.0423. The highest BCUT2D eigenvalue weighted by Gasteiger charge is 2.27. The summed E-state index contributed by atoms with van der Waals surface area (Å²) in [4.78, 5) is 4.51. The zero-order valence-corrected chi connectivity index (χ0v) is 9.16. The highest BCUT2D eigenvalue weighted by Crippen LogP contribution is 2.28. The SMILES string of the molecule is Clc1ccc(C2=NC3C=NN=C3S2)cc1. The molecule has 0 saturated heterocycles. The lowest BCUT2D eigenvalue weighted by Gasteiger charge is -1.98. The van der Waals surface area contributed by atoms with Gasteiger partial charge in [-0.25, -0.2) is 0 Å². The Hall–Kier alpha value is -1.13. The van der Waals surface area contributed by atoms with Crippen molar-refractivity contribution in [3.8, 4) is 0 Å². The molecule has 0 fully saturated rings. The molecular formula is C10H6ClN3S. The third-order valence-corrected chi connectivity index (χ3v) is 3.48. The van der Waals surface area contributed by atoms with Crippen molar-refractivity contribution in [1.29, 1.82) is 0 Å². The molecule has 1 aromatic carbocycles. The van der Waals surface area contributed by atoms with E-state index in [9.17, 15) is 0 Å². The van der Waals surface area contributed by atoms with E-state index in [2.05, 4.69) is 15.2 Å². The van der Waals surface area contributed by atoms with Gasteiger partial charge < -0.3 is 0 Å².